The van der Waals surface area contributed by atoms with E-state index in [4.69, 9.17) is 34.8 Å². The Morgan fingerprint density at radius 2 is 1.54 bits per heavy atom. The van der Waals surface area contributed by atoms with Gasteiger partial charge in [0.25, 0.3) is 0 Å². The number of nitrogens with one attached hydrogen (secondary N) is 2. The van der Waals surface area contributed by atoms with E-state index in [1.807, 2.05) is 6.07 Å². The molecule has 4 nitrogen and oxygen atoms in total. The number of carbonyl (C=O) groups excluding carboxylic acids is 2. The Labute approximate surface area is 155 Å². The summed E-state index contributed by atoms with van der Waals surface area (Å²) in [5.74, 6) is -1.41. The summed E-state index contributed by atoms with van der Waals surface area (Å²) >= 11 is 17.9. The molecule has 0 aliphatic carbocycles. The zero-order chi connectivity index (χ0) is 17.5. The van der Waals surface area contributed by atoms with Gasteiger partial charge in [0.1, 0.15) is 0 Å². The fraction of sp³-hybridized carbons (Fsp3) is 0.176. The average molecular weight is 386 g/mol. The van der Waals surface area contributed by atoms with E-state index < -0.39 is 11.8 Å². The minimum absolute atomic E-state index is 0.189. The summed E-state index contributed by atoms with van der Waals surface area (Å²) in [7, 11) is 0. The molecule has 2 aromatic rings. The van der Waals surface area contributed by atoms with Crippen LogP contribution in [0.25, 0.3) is 0 Å². The van der Waals surface area contributed by atoms with E-state index in [0.29, 0.717) is 28.0 Å². The lowest BCUT2D eigenvalue weighted by Crippen LogP contribution is -2.40. The molecule has 0 aliphatic heterocycles. The molecular formula is C17H15Cl3N2O2. The van der Waals surface area contributed by atoms with Crippen molar-refractivity contribution in [1.29, 1.82) is 0 Å². The third-order valence-electron chi connectivity index (χ3n) is 3.30. The van der Waals surface area contributed by atoms with Crippen molar-refractivity contribution in [3.63, 3.8) is 0 Å². The van der Waals surface area contributed by atoms with Crippen LogP contribution >= 0.6 is 34.8 Å². The van der Waals surface area contributed by atoms with Gasteiger partial charge in [-0.3, -0.25) is 9.59 Å². The fourth-order valence-corrected chi connectivity index (χ4v) is 2.72. The van der Waals surface area contributed by atoms with E-state index in [1.54, 1.807) is 36.4 Å². The first-order chi connectivity index (χ1) is 11.5. The second kappa shape index (κ2) is 8.92. The van der Waals surface area contributed by atoms with Crippen LogP contribution in [-0.4, -0.2) is 18.4 Å². The minimum atomic E-state index is -0.711. The molecule has 0 heterocycles. The Kier molecular flexibility index (Phi) is 6.91. The Balaban J connectivity index is 1.77. The van der Waals surface area contributed by atoms with Crippen molar-refractivity contribution in [1.82, 2.24) is 10.6 Å². The summed E-state index contributed by atoms with van der Waals surface area (Å²) in [5.41, 5.74) is 1.59. The maximum atomic E-state index is 11.8. The monoisotopic (exact) mass is 384 g/mol. The van der Waals surface area contributed by atoms with Crippen molar-refractivity contribution in [2.75, 3.05) is 6.54 Å². The average Bonchev–Trinajstić information content (AvgIpc) is 2.55. The molecule has 2 amide bonds. The Bertz CT molecular complexity index is 750. The summed E-state index contributed by atoms with van der Waals surface area (Å²) in [6.45, 7) is 0.481. The number of amides is 2. The highest BCUT2D eigenvalue weighted by atomic mass is 35.5. The molecule has 0 bridgehead atoms. The molecule has 2 aromatic carbocycles. The third-order valence-corrected chi connectivity index (χ3v) is 4.25. The predicted octanol–water partition coefficient (Wildman–Crippen LogP) is 3.62. The zero-order valence-electron chi connectivity index (χ0n) is 12.6. The van der Waals surface area contributed by atoms with Crippen LogP contribution in [0, 0.1) is 0 Å². The van der Waals surface area contributed by atoms with Gasteiger partial charge in [-0.15, -0.1) is 0 Å². The first kappa shape index (κ1) is 18.6. The van der Waals surface area contributed by atoms with E-state index in [9.17, 15) is 9.59 Å². The number of rotatable bonds is 5. The molecule has 0 spiro atoms. The highest BCUT2D eigenvalue weighted by Crippen LogP contribution is 2.21. The Morgan fingerprint density at radius 3 is 2.25 bits per heavy atom. The molecule has 0 aliphatic rings. The summed E-state index contributed by atoms with van der Waals surface area (Å²) in [5, 5.41) is 6.69. The quantitative estimate of drug-likeness (QED) is 0.772. The molecule has 0 saturated carbocycles. The lowest BCUT2D eigenvalue weighted by atomic mass is 10.1. The molecule has 126 valence electrons. The molecule has 0 atom stereocenters. The Hall–Kier alpha value is -1.75. The van der Waals surface area contributed by atoms with Gasteiger partial charge in [0.15, 0.2) is 0 Å². The predicted molar refractivity (Wildman–Crippen MR) is 96.5 cm³/mol. The van der Waals surface area contributed by atoms with Crippen molar-refractivity contribution in [2.24, 2.45) is 0 Å². The van der Waals surface area contributed by atoms with Gasteiger partial charge in [0.2, 0.25) is 0 Å². The van der Waals surface area contributed by atoms with Gasteiger partial charge in [-0.1, -0.05) is 59.1 Å². The lowest BCUT2D eigenvalue weighted by molar-refractivity contribution is -0.139. The zero-order valence-corrected chi connectivity index (χ0v) is 14.9. The topological polar surface area (TPSA) is 58.2 Å². The van der Waals surface area contributed by atoms with Crippen LogP contribution < -0.4 is 10.6 Å². The van der Waals surface area contributed by atoms with Crippen LogP contribution in [0.4, 0.5) is 0 Å². The van der Waals surface area contributed by atoms with Crippen molar-refractivity contribution < 1.29 is 9.59 Å². The molecule has 0 saturated heterocycles. The third kappa shape index (κ3) is 5.41. The van der Waals surface area contributed by atoms with E-state index in [-0.39, 0.29) is 6.54 Å². The molecule has 0 unspecified atom stereocenters. The van der Waals surface area contributed by atoms with Gasteiger partial charge in [-0.05, 0) is 35.7 Å². The number of hydrogen-bond donors (Lipinski definition) is 2. The lowest BCUT2D eigenvalue weighted by Gasteiger charge is -2.08. The van der Waals surface area contributed by atoms with Crippen LogP contribution in [0.1, 0.15) is 11.1 Å². The molecule has 24 heavy (non-hydrogen) atoms. The van der Waals surface area contributed by atoms with Crippen LogP contribution in [0.3, 0.4) is 0 Å². The molecular weight excluding hydrogens is 371 g/mol. The van der Waals surface area contributed by atoms with Crippen molar-refractivity contribution >= 4 is 46.6 Å². The highest BCUT2D eigenvalue weighted by Gasteiger charge is 2.13. The standard InChI is InChI=1S/C17H15Cl3N2O2/c18-13-6-5-11(15(20)9-13)7-8-21-16(23)17(24)22-10-12-3-1-2-4-14(12)19/h1-6,9H,7-8,10H2,(H,21,23)(H,22,24). The Morgan fingerprint density at radius 1 is 0.833 bits per heavy atom. The van der Waals surface area contributed by atoms with Crippen molar-refractivity contribution in [2.45, 2.75) is 13.0 Å². The number of hydrogen-bond acceptors (Lipinski definition) is 2. The normalized spacial score (nSPS) is 10.3. The van der Waals surface area contributed by atoms with Crippen LogP contribution in [0.2, 0.25) is 15.1 Å². The molecule has 2 rings (SSSR count). The summed E-state index contributed by atoms with van der Waals surface area (Å²) < 4.78 is 0. The maximum Gasteiger partial charge on any atom is 0.309 e. The van der Waals surface area contributed by atoms with Gasteiger partial charge in [-0.25, -0.2) is 0 Å². The number of benzene rings is 2. The van der Waals surface area contributed by atoms with Gasteiger partial charge >= 0.3 is 11.8 Å². The van der Waals surface area contributed by atoms with Crippen LogP contribution in [-0.2, 0) is 22.6 Å². The number of halogens is 3. The largest absolute Gasteiger partial charge is 0.348 e. The fourth-order valence-electron chi connectivity index (χ4n) is 2.01. The van der Waals surface area contributed by atoms with Gasteiger partial charge in [-0.2, -0.15) is 0 Å². The molecule has 7 heteroatoms. The van der Waals surface area contributed by atoms with Gasteiger partial charge in [0.05, 0.1) is 0 Å². The van der Waals surface area contributed by atoms with E-state index in [1.165, 1.54) is 0 Å². The van der Waals surface area contributed by atoms with Gasteiger partial charge < -0.3 is 10.6 Å². The summed E-state index contributed by atoms with van der Waals surface area (Å²) in [6.07, 6.45) is 0.500. The highest BCUT2D eigenvalue weighted by molar-refractivity contribution is 6.35. The van der Waals surface area contributed by atoms with E-state index >= 15 is 0 Å². The molecule has 0 fully saturated rings. The summed E-state index contributed by atoms with van der Waals surface area (Å²) in [4.78, 5) is 23.5. The first-order valence-electron chi connectivity index (χ1n) is 7.20. The second-order valence-electron chi connectivity index (χ2n) is 5.02. The van der Waals surface area contributed by atoms with Crippen molar-refractivity contribution in [3.8, 4) is 0 Å². The summed E-state index contributed by atoms with van der Waals surface area (Å²) in [6, 6.07) is 12.2. The van der Waals surface area contributed by atoms with E-state index in [0.717, 1.165) is 11.1 Å². The van der Waals surface area contributed by atoms with Gasteiger partial charge in [0, 0.05) is 28.2 Å². The SMILES string of the molecule is O=C(NCCc1ccc(Cl)cc1Cl)C(=O)NCc1ccccc1Cl. The maximum absolute atomic E-state index is 11.8. The van der Waals surface area contributed by atoms with Crippen LogP contribution in [0.5, 0.6) is 0 Å². The van der Waals surface area contributed by atoms with Crippen LogP contribution in [0.15, 0.2) is 42.5 Å². The first-order valence-corrected chi connectivity index (χ1v) is 8.34. The minimum Gasteiger partial charge on any atom is -0.348 e. The smallest absolute Gasteiger partial charge is 0.309 e. The van der Waals surface area contributed by atoms with Crippen molar-refractivity contribution in [3.05, 3.63) is 68.7 Å². The number of carbonyl (C=O) groups is 2. The second-order valence-corrected chi connectivity index (χ2v) is 6.27. The molecule has 0 radical (unpaired) electrons. The van der Waals surface area contributed by atoms with E-state index in [2.05, 4.69) is 10.6 Å². The molecule has 0 aromatic heterocycles. The molecule has 2 N–H and O–H groups in total.